The van der Waals surface area contributed by atoms with Crippen molar-refractivity contribution in [2.75, 3.05) is 45.3 Å². The van der Waals surface area contributed by atoms with E-state index in [-0.39, 0.29) is 0 Å². The number of benzene rings is 3. The minimum Gasteiger partial charge on any atom is -0.496 e. The van der Waals surface area contributed by atoms with Gasteiger partial charge in [-0.25, -0.2) is 4.58 Å². The Morgan fingerprint density at radius 2 is 1.46 bits per heavy atom. The second-order valence-corrected chi connectivity index (χ2v) is 12.8. The maximum Gasteiger partial charge on any atom is 0.200 e. The summed E-state index contributed by atoms with van der Waals surface area (Å²) in [5.41, 5.74) is 5.87. The maximum atomic E-state index is 16.0. The summed E-state index contributed by atoms with van der Waals surface area (Å²) in [7, 11) is 0.0899. The van der Waals surface area contributed by atoms with Gasteiger partial charge in [-0.3, -0.25) is 0 Å². The van der Waals surface area contributed by atoms with Crippen molar-refractivity contribution >= 4 is 34.7 Å². The predicted molar refractivity (Wildman–Crippen MR) is 172 cm³/mol. The predicted octanol–water partition coefficient (Wildman–Crippen LogP) is 6.63. The van der Waals surface area contributed by atoms with Gasteiger partial charge in [0, 0.05) is 52.4 Å². The van der Waals surface area contributed by atoms with Gasteiger partial charge in [0.25, 0.3) is 0 Å². The number of nitrogens with zero attached hydrogens (tertiary/aromatic N) is 2. The van der Waals surface area contributed by atoms with E-state index in [9.17, 15) is 0 Å². The molecular weight excluding hydrogens is 527 g/mol. The third-order valence-electron chi connectivity index (χ3n) is 8.23. The summed E-state index contributed by atoms with van der Waals surface area (Å²) in [6.45, 7) is 12.1. The highest BCUT2D eigenvalue weighted by molar-refractivity contribution is 7.83. The van der Waals surface area contributed by atoms with Gasteiger partial charge >= 0.3 is 0 Å². The molecule has 5 nitrogen and oxygen atoms in total. The molecule has 0 spiro atoms. The van der Waals surface area contributed by atoms with Gasteiger partial charge in [0.05, 0.1) is 19.8 Å². The first-order valence-corrected chi connectivity index (χ1v) is 16.2. The Morgan fingerprint density at radius 1 is 0.805 bits per heavy atom. The molecule has 3 aromatic carbocycles. The van der Waals surface area contributed by atoms with E-state index in [0.29, 0.717) is 11.5 Å². The molecule has 0 bridgehead atoms. The van der Waals surface area contributed by atoms with Crippen LogP contribution in [0.4, 0.5) is 5.69 Å². The molecular formula is C35H40N2O3P+. The summed E-state index contributed by atoms with van der Waals surface area (Å²) in [6.07, 6.45) is 6.45. The molecule has 1 aliphatic heterocycles. The molecule has 0 aromatic heterocycles. The van der Waals surface area contributed by atoms with Crippen LogP contribution in [0.2, 0.25) is 0 Å². The van der Waals surface area contributed by atoms with E-state index in [2.05, 4.69) is 73.6 Å². The summed E-state index contributed by atoms with van der Waals surface area (Å²) in [6, 6.07) is 22.3. The van der Waals surface area contributed by atoms with Crippen molar-refractivity contribution < 1.29 is 18.6 Å². The lowest BCUT2D eigenvalue weighted by molar-refractivity contribution is -0.519. The SMILES string of the molecule is CCN(CC)c1ccc2c(c1)P(=O)(c1ccccc1)C1=CC(=[N+](CC)CC)C=CC1=C2c1c(OC)cccc1OC. The van der Waals surface area contributed by atoms with Crippen molar-refractivity contribution in [2.45, 2.75) is 27.7 Å². The molecule has 1 aliphatic carbocycles. The Kier molecular flexibility index (Phi) is 8.37. The molecule has 6 heteroatoms. The molecule has 1 heterocycles. The van der Waals surface area contributed by atoms with Crippen LogP contribution in [0.5, 0.6) is 11.5 Å². The van der Waals surface area contributed by atoms with Crippen LogP contribution in [-0.2, 0) is 4.57 Å². The van der Waals surface area contributed by atoms with Gasteiger partial charge in [0.15, 0.2) is 7.14 Å². The second kappa shape index (κ2) is 12.0. The van der Waals surface area contributed by atoms with E-state index < -0.39 is 7.14 Å². The van der Waals surface area contributed by atoms with Gasteiger partial charge in [-0.05, 0) is 69.2 Å². The molecule has 0 saturated carbocycles. The fourth-order valence-corrected chi connectivity index (χ4v) is 9.20. The normalized spacial score (nSPS) is 17.5. The summed E-state index contributed by atoms with van der Waals surface area (Å²) in [5, 5.41) is 2.53. The van der Waals surface area contributed by atoms with Gasteiger partial charge < -0.3 is 18.9 Å². The topological polar surface area (TPSA) is 41.8 Å². The highest BCUT2D eigenvalue weighted by Gasteiger charge is 2.44. The number of hydrogen-bond donors (Lipinski definition) is 0. The van der Waals surface area contributed by atoms with Crippen molar-refractivity contribution in [3.63, 3.8) is 0 Å². The van der Waals surface area contributed by atoms with Crippen LogP contribution in [0.3, 0.4) is 0 Å². The Hall–Kier alpha value is -3.82. The fourth-order valence-electron chi connectivity index (χ4n) is 6.11. The zero-order chi connectivity index (χ0) is 29.1. The van der Waals surface area contributed by atoms with E-state index >= 15 is 4.57 Å². The van der Waals surface area contributed by atoms with Crippen molar-refractivity contribution in [1.82, 2.24) is 0 Å². The summed E-state index contributed by atoms with van der Waals surface area (Å²) in [5.74, 6) is 1.43. The number of rotatable bonds is 9. The van der Waals surface area contributed by atoms with E-state index in [1.807, 2.05) is 48.5 Å². The lowest BCUT2D eigenvalue weighted by atomic mass is 9.88. The van der Waals surface area contributed by atoms with Gasteiger partial charge in [0.1, 0.15) is 24.6 Å². The average molecular weight is 568 g/mol. The zero-order valence-electron chi connectivity index (χ0n) is 25.0. The second-order valence-electron chi connectivity index (χ2n) is 10.1. The van der Waals surface area contributed by atoms with Crippen LogP contribution in [-0.4, -0.2) is 50.7 Å². The van der Waals surface area contributed by atoms with Crippen LogP contribution in [0.15, 0.2) is 95.8 Å². The monoisotopic (exact) mass is 567 g/mol. The number of hydrogen-bond acceptors (Lipinski definition) is 4. The standard InChI is InChI=1S/C35H40N2O3P/c1-7-36(8-2)25-19-21-28-32(23-25)41(38,27-15-12-11-13-16-27)33-24-26(37(9-3)10-4)20-22-29(33)34(28)35-30(39-5)17-14-18-31(35)40-6/h11-24H,7-10H2,1-6H3/q+1. The largest absolute Gasteiger partial charge is 0.496 e. The Morgan fingerprint density at radius 3 is 2.05 bits per heavy atom. The van der Waals surface area contributed by atoms with Crippen LogP contribution < -0.4 is 25.0 Å². The van der Waals surface area contributed by atoms with Gasteiger partial charge in [-0.1, -0.05) is 42.5 Å². The lowest BCUT2D eigenvalue weighted by Gasteiger charge is -2.35. The van der Waals surface area contributed by atoms with E-state index in [4.69, 9.17) is 9.47 Å². The molecule has 212 valence electrons. The molecule has 41 heavy (non-hydrogen) atoms. The number of ether oxygens (including phenoxy) is 2. The molecule has 3 aromatic rings. The van der Waals surface area contributed by atoms with Crippen LogP contribution in [0, 0.1) is 0 Å². The zero-order valence-corrected chi connectivity index (χ0v) is 25.9. The minimum atomic E-state index is -3.28. The van der Waals surface area contributed by atoms with Crippen LogP contribution in [0.25, 0.3) is 5.57 Å². The van der Waals surface area contributed by atoms with E-state index in [1.165, 1.54) is 0 Å². The number of anilines is 1. The number of fused-ring (bicyclic) bond motifs is 2. The molecule has 1 unspecified atom stereocenters. The Labute approximate surface area is 244 Å². The Balaban J connectivity index is 1.97. The third-order valence-corrected chi connectivity index (χ3v) is 11.4. The van der Waals surface area contributed by atoms with Crippen molar-refractivity contribution in [2.24, 2.45) is 0 Å². The molecule has 0 N–H and O–H groups in total. The molecule has 0 amide bonds. The van der Waals surface area contributed by atoms with Crippen LogP contribution >= 0.6 is 7.14 Å². The first-order chi connectivity index (χ1) is 20.0. The van der Waals surface area contributed by atoms with Gasteiger partial charge in [0.2, 0.25) is 5.71 Å². The summed E-state index contributed by atoms with van der Waals surface area (Å²) in [4.78, 5) is 2.31. The quantitative estimate of drug-likeness (QED) is 0.215. The first-order valence-electron chi connectivity index (χ1n) is 14.5. The lowest BCUT2D eigenvalue weighted by Crippen LogP contribution is -2.30. The molecule has 2 aliphatic rings. The van der Waals surface area contributed by atoms with Gasteiger partial charge in [-0.15, -0.1) is 0 Å². The average Bonchev–Trinajstić information content (AvgIpc) is 3.03. The van der Waals surface area contributed by atoms with E-state index in [0.717, 1.165) is 75.8 Å². The smallest absolute Gasteiger partial charge is 0.200 e. The van der Waals surface area contributed by atoms with Crippen molar-refractivity contribution in [3.8, 4) is 11.5 Å². The molecule has 0 saturated heterocycles. The highest BCUT2D eigenvalue weighted by atomic mass is 31.2. The fraction of sp³-hybridized carbons (Fsp3) is 0.286. The minimum absolute atomic E-state index is 0.716. The van der Waals surface area contributed by atoms with Gasteiger partial charge in [-0.2, -0.15) is 0 Å². The summed E-state index contributed by atoms with van der Waals surface area (Å²) >= 11 is 0. The molecule has 0 radical (unpaired) electrons. The van der Waals surface area contributed by atoms with Crippen molar-refractivity contribution in [3.05, 3.63) is 107 Å². The molecule has 1 atom stereocenters. The number of allylic oxidation sites excluding steroid dienone is 5. The third kappa shape index (κ3) is 4.77. The first kappa shape index (κ1) is 28.7. The summed E-state index contributed by atoms with van der Waals surface area (Å²) < 4.78 is 30.1. The van der Waals surface area contributed by atoms with E-state index in [1.54, 1.807) is 14.2 Å². The maximum absolute atomic E-state index is 16.0. The molecule has 0 fully saturated rings. The Bertz CT molecular complexity index is 1600. The van der Waals surface area contributed by atoms with Crippen LogP contribution in [0.1, 0.15) is 38.8 Å². The number of methoxy groups -OCH3 is 2. The molecule has 5 rings (SSSR count). The van der Waals surface area contributed by atoms with Crippen molar-refractivity contribution in [1.29, 1.82) is 0 Å². The highest BCUT2D eigenvalue weighted by Crippen LogP contribution is 2.62.